The van der Waals surface area contributed by atoms with Gasteiger partial charge in [-0.25, -0.2) is 13.8 Å². The summed E-state index contributed by atoms with van der Waals surface area (Å²) in [7, 11) is 0. The molecule has 0 atom stereocenters. The molecule has 6 heteroatoms. The average Bonchev–Trinajstić information content (AvgIpc) is 2.63. The fourth-order valence-electron chi connectivity index (χ4n) is 2.81. The van der Waals surface area contributed by atoms with Gasteiger partial charge in [0.1, 0.15) is 5.82 Å². The molecule has 0 amide bonds. The van der Waals surface area contributed by atoms with E-state index < -0.39 is 5.92 Å². The molecule has 1 aromatic rings. The van der Waals surface area contributed by atoms with Gasteiger partial charge < -0.3 is 10.2 Å². The number of hydrogen-bond donors (Lipinski definition) is 1. The van der Waals surface area contributed by atoms with Gasteiger partial charge in [0, 0.05) is 44.6 Å². The minimum atomic E-state index is -2.54. The van der Waals surface area contributed by atoms with Gasteiger partial charge >= 0.3 is 0 Å². The maximum atomic E-state index is 13.2. The van der Waals surface area contributed by atoms with E-state index in [4.69, 9.17) is 11.6 Å². The molecular weight excluding hydrogens is 284 g/mol. The highest BCUT2D eigenvalue weighted by Gasteiger charge is 2.35. The van der Waals surface area contributed by atoms with Gasteiger partial charge in [0.25, 0.3) is 5.92 Å². The number of fused-ring (bicyclic) bond motifs is 1. The number of anilines is 1. The number of rotatable bonds is 1. The lowest BCUT2D eigenvalue weighted by Crippen LogP contribution is -2.40. The predicted molar refractivity (Wildman–Crippen MR) is 75.9 cm³/mol. The lowest BCUT2D eigenvalue weighted by atomic mass is 10.1. The Hall–Kier alpha value is -0.940. The van der Waals surface area contributed by atoms with Gasteiger partial charge in [0.2, 0.25) is 0 Å². The van der Waals surface area contributed by atoms with Gasteiger partial charge in [-0.1, -0.05) is 11.6 Å². The SMILES string of the molecule is FC1(F)CCN(c2nc3c(cc2Cl)CCNCC3)CC1. The molecule has 0 radical (unpaired) electrons. The number of aromatic nitrogens is 1. The summed E-state index contributed by atoms with van der Waals surface area (Å²) in [4.78, 5) is 6.54. The molecular formula is C14H18ClF2N3. The molecule has 20 heavy (non-hydrogen) atoms. The maximum absolute atomic E-state index is 13.2. The Kier molecular flexibility index (Phi) is 3.82. The van der Waals surface area contributed by atoms with Crippen molar-refractivity contribution in [1.29, 1.82) is 0 Å². The molecule has 1 aromatic heterocycles. The van der Waals surface area contributed by atoms with E-state index in [1.54, 1.807) is 0 Å². The van der Waals surface area contributed by atoms with Crippen LogP contribution in [0.3, 0.4) is 0 Å². The first kappa shape index (κ1) is 14.0. The molecule has 0 spiro atoms. The van der Waals surface area contributed by atoms with E-state index >= 15 is 0 Å². The lowest BCUT2D eigenvalue weighted by molar-refractivity contribution is -0.0221. The molecule has 0 aliphatic carbocycles. The second-order valence-corrected chi connectivity index (χ2v) is 5.90. The van der Waals surface area contributed by atoms with Crippen molar-refractivity contribution in [3.8, 4) is 0 Å². The average molecular weight is 302 g/mol. The Labute approximate surface area is 122 Å². The van der Waals surface area contributed by atoms with Crippen LogP contribution in [0.15, 0.2) is 6.07 Å². The van der Waals surface area contributed by atoms with Crippen molar-refractivity contribution >= 4 is 17.4 Å². The number of halogens is 3. The highest BCUT2D eigenvalue weighted by molar-refractivity contribution is 6.33. The van der Waals surface area contributed by atoms with Crippen LogP contribution in [-0.2, 0) is 12.8 Å². The third-order valence-corrected chi connectivity index (χ3v) is 4.31. The highest BCUT2D eigenvalue weighted by atomic mass is 35.5. The molecule has 1 N–H and O–H groups in total. The standard InChI is InChI=1S/C14H18ClF2N3/c15-11-9-10-1-5-18-6-2-12(10)19-13(11)20-7-3-14(16,17)4-8-20/h9,18H,1-8H2. The van der Waals surface area contributed by atoms with Crippen molar-refractivity contribution in [3.05, 3.63) is 22.3 Å². The van der Waals surface area contributed by atoms with Crippen molar-refractivity contribution < 1.29 is 8.78 Å². The van der Waals surface area contributed by atoms with Crippen LogP contribution in [0.1, 0.15) is 24.1 Å². The number of nitrogens with one attached hydrogen (secondary N) is 1. The first-order valence-electron chi connectivity index (χ1n) is 7.07. The van der Waals surface area contributed by atoms with Crippen LogP contribution in [-0.4, -0.2) is 37.1 Å². The summed E-state index contributed by atoms with van der Waals surface area (Å²) >= 11 is 6.31. The molecule has 110 valence electrons. The zero-order chi connectivity index (χ0) is 14.2. The van der Waals surface area contributed by atoms with Gasteiger partial charge in [-0.2, -0.15) is 0 Å². The third kappa shape index (κ3) is 2.88. The summed E-state index contributed by atoms with van der Waals surface area (Å²) in [5.41, 5.74) is 2.22. The van der Waals surface area contributed by atoms with E-state index in [-0.39, 0.29) is 12.8 Å². The molecule has 2 aliphatic heterocycles. The summed E-state index contributed by atoms with van der Waals surface area (Å²) in [5, 5.41) is 3.91. The van der Waals surface area contributed by atoms with Gasteiger partial charge in [-0.15, -0.1) is 0 Å². The second-order valence-electron chi connectivity index (χ2n) is 5.49. The van der Waals surface area contributed by atoms with Crippen LogP contribution in [0.5, 0.6) is 0 Å². The molecule has 0 unspecified atom stereocenters. The largest absolute Gasteiger partial charge is 0.355 e. The van der Waals surface area contributed by atoms with Crippen molar-refractivity contribution in [3.63, 3.8) is 0 Å². The van der Waals surface area contributed by atoms with Crippen LogP contribution < -0.4 is 10.2 Å². The Morgan fingerprint density at radius 1 is 1.20 bits per heavy atom. The number of alkyl halides is 2. The third-order valence-electron chi connectivity index (χ3n) is 4.03. The van der Waals surface area contributed by atoms with Gasteiger partial charge in [0.05, 0.1) is 5.02 Å². The van der Waals surface area contributed by atoms with Crippen LogP contribution in [0.2, 0.25) is 5.02 Å². The molecule has 2 aliphatic rings. The highest BCUT2D eigenvalue weighted by Crippen LogP contribution is 2.33. The summed E-state index contributed by atoms with van der Waals surface area (Å²) in [6, 6.07) is 1.96. The minimum absolute atomic E-state index is 0.121. The molecule has 0 saturated carbocycles. The maximum Gasteiger partial charge on any atom is 0.251 e. The smallest absolute Gasteiger partial charge is 0.251 e. The Balaban J connectivity index is 1.85. The molecule has 3 heterocycles. The molecule has 1 saturated heterocycles. The zero-order valence-corrected chi connectivity index (χ0v) is 12.0. The van der Waals surface area contributed by atoms with E-state index in [9.17, 15) is 8.78 Å². The molecule has 0 bridgehead atoms. The van der Waals surface area contributed by atoms with Crippen molar-refractivity contribution in [2.24, 2.45) is 0 Å². The number of hydrogen-bond acceptors (Lipinski definition) is 3. The zero-order valence-electron chi connectivity index (χ0n) is 11.3. The second kappa shape index (κ2) is 5.45. The van der Waals surface area contributed by atoms with Crippen LogP contribution >= 0.6 is 11.6 Å². The number of pyridine rings is 1. The van der Waals surface area contributed by atoms with Crippen LogP contribution in [0.25, 0.3) is 0 Å². The Morgan fingerprint density at radius 2 is 1.90 bits per heavy atom. The van der Waals surface area contributed by atoms with Gasteiger partial charge in [-0.3, -0.25) is 0 Å². The van der Waals surface area contributed by atoms with E-state index in [2.05, 4.69) is 10.3 Å². The Morgan fingerprint density at radius 3 is 2.65 bits per heavy atom. The summed E-state index contributed by atoms with van der Waals surface area (Å²) in [6.07, 6.45) is 1.54. The van der Waals surface area contributed by atoms with Crippen LogP contribution in [0, 0.1) is 0 Å². The molecule has 3 rings (SSSR count). The number of nitrogens with zero attached hydrogens (tertiary/aromatic N) is 2. The first-order valence-corrected chi connectivity index (χ1v) is 7.45. The monoisotopic (exact) mass is 301 g/mol. The molecule has 3 nitrogen and oxygen atoms in total. The quantitative estimate of drug-likeness (QED) is 0.864. The van der Waals surface area contributed by atoms with Crippen LogP contribution in [0.4, 0.5) is 14.6 Å². The van der Waals surface area contributed by atoms with E-state index in [1.165, 1.54) is 5.56 Å². The fraction of sp³-hybridized carbons (Fsp3) is 0.643. The Bertz CT molecular complexity index is 497. The fourth-order valence-corrected chi connectivity index (χ4v) is 3.10. The summed E-state index contributed by atoms with van der Waals surface area (Å²) in [5.74, 6) is -1.87. The number of piperidine rings is 1. The summed E-state index contributed by atoms with van der Waals surface area (Å²) in [6.45, 7) is 2.47. The summed E-state index contributed by atoms with van der Waals surface area (Å²) < 4.78 is 26.5. The van der Waals surface area contributed by atoms with Crippen molar-refractivity contribution in [1.82, 2.24) is 10.3 Å². The first-order chi connectivity index (χ1) is 9.55. The minimum Gasteiger partial charge on any atom is -0.355 e. The molecule has 0 aromatic carbocycles. The van der Waals surface area contributed by atoms with Gasteiger partial charge in [0.15, 0.2) is 0 Å². The van der Waals surface area contributed by atoms with E-state index in [1.807, 2.05) is 11.0 Å². The van der Waals surface area contributed by atoms with Crippen molar-refractivity contribution in [2.45, 2.75) is 31.6 Å². The predicted octanol–water partition coefficient (Wildman–Crippen LogP) is 2.66. The topological polar surface area (TPSA) is 28.2 Å². The molecule has 1 fully saturated rings. The van der Waals surface area contributed by atoms with E-state index in [0.29, 0.717) is 23.9 Å². The normalized spacial score (nSPS) is 22.2. The van der Waals surface area contributed by atoms with E-state index in [0.717, 1.165) is 31.6 Å². The van der Waals surface area contributed by atoms with Crippen molar-refractivity contribution in [2.75, 3.05) is 31.1 Å². The van der Waals surface area contributed by atoms with Gasteiger partial charge in [-0.05, 0) is 24.6 Å². The lowest BCUT2D eigenvalue weighted by Gasteiger charge is -2.33.